The summed E-state index contributed by atoms with van der Waals surface area (Å²) in [7, 11) is 0. The van der Waals surface area contributed by atoms with Crippen molar-refractivity contribution in [2.24, 2.45) is 10.9 Å². The summed E-state index contributed by atoms with van der Waals surface area (Å²) < 4.78 is 7.53. The predicted octanol–water partition coefficient (Wildman–Crippen LogP) is 3.32. The molecule has 0 bridgehead atoms. The molecule has 0 spiro atoms. The molecule has 3 rings (SSSR count). The molecule has 1 amide bonds. The van der Waals surface area contributed by atoms with Crippen molar-refractivity contribution in [3.63, 3.8) is 0 Å². The quantitative estimate of drug-likeness (QED) is 0.525. The Morgan fingerprint density at radius 3 is 2.50 bits per heavy atom. The highest BCUT2D eigenvalue weighted by atomic mass is 16.5. The van der Waals surface area contributed by atoms with Crippen LogP contribution in [-0.2, 0) is 22.6 Å². The van der Waals surface area contributed by atoms with E-state index in [9.17, 15) is 14.5 Å². The van der Waals surface area contributed by atoms with E-state index in [0.29, 0.717) is 23.9 Å². The maximum atomic E-state index is 12.0. The van der Waals surface area contributed by atoms with Gasteiger partial charge in [-0.15, -0.1) is 4.91 Å². The largest absolute Gasteiger partial charge is 0.481 e. The molecule has 156 valence electrons. The maximum Gasteiger partial charge on any atom is 0.341 e. The van der Waals surface area contributed by atoms with Crippen LogP contribution in [0.15, 0.2) is 47.6 Å². The van der Waals surface area contributed by atoms with Gasteiger partial charge in [0.1, 0.15) is 5.75 Å². The number of hydrogen-bond acceptors (Lipinski definition) is 5. The number of nitrogens with two attached hydrogens (primary N) is 1. The molecule has 1 atom stereocenters. The van der Waals surface area contributed by atoms with Gasteiger partial charge in [-0.05, 0) is 36.6 Å². The molecular formula is C22H23N3O5. The molecule has 8 nitrogen and oxygen atoms in total. The minimum absolute atomic E-state index is 0.277. The van der Waals surface area contributed by atoms with E-state index in [4.69, 9.17) is 15.6 Å². The fourth-order valence-electron chi connectivity index (χ4n) is 3.78. The number of rotatable bonds is 9. The van der Waals surface area contributed by atoms with Gasteiger partial charge in [0.25, 0.3) is 5.91 Å². The molecule has 3 N–H and O–H groups in total. The zero-order valence-corrected chi connectivity index (χ0v) is 16.8. The first kappa shape index (κ1) is 21.0. The lowest BCUT2D eigenvalue weighted by Crippen LogP contribution is -2.21. The van der Waals surface area contributed by atoms with E-state index in [2.05, 4.69) is 5.18 Å². The summed E-state index contributed by atoms with van der Waals surface area (Å²) in [5.41, 5.74) is 9.17. The van der Waals surface area contributed by atoms with E-state index in [1.54, 1.807) is 6.07 Å². The number of ether oxygens (including phenoxy) is 1. The number of primary amides is 1. The number of nitroso groups, excluding NO2 is 1. The van der Waals surface area contributed by atoms with Gasteiger partial charge in [-0.25, -0.2) is 4.79 Å². The van der Waals surface area contributed by atoms with Crippen molar-refractivity contribution in [2.45, 2.75) is 32.9 Å². The number of aliphatic carboxylic acids is 1. The maximum absolute atomic E-state index is 12.0. The van der Waals surface area contributed by atoms with Crippen LogP contribution in [0.3, 0.4) is 0 Å². The lowest BCUT2D eigenvalue weighted by molar-refractivity contribution is -0.139. The molecule has 1 unspecified atom stereocenters. The van der Waals surface area contributed by atoms with Crippen LogP contribution >= 0.6 is 0 Å². The number of carbonyl (C=O) groups is 2. The Labute approximate surface area is 173 Å². The second-order valence-corrected chi connectivity index (χ2v) is 7.04. The van der Waals surface area contributed by atoms with Gasteiger partial charge in [0, 0.05) is 23.2 Å². The van der Waals surface area contributed by atoms with Gasteiger partial charge in [0.2, 0.25) is 0 Å². The summed E-state index contributed by atoms with van der Waals surface area (Å²) in [6, 6.07) is 11.9. The Kier molecular flexibility index (Phi) is 6.15. The first-order chi connectivity index (χ1) is 14.4. The molecule has 1 heterocycles. The average Bonchev–Trinajstić information content (AvgIpc) is 3.00. The molecule has 8 heteroatoms. The van der Waals surface area contributed by atoms with Crippen molar-refractivity contribution >= 4 is 22.8 Å². The fraction of sp³-hybridized carbons (Fsp3) is 0.273. The summed E-state index contributed by atoms with van der Waals surface area (Å²) in [6.07, 6.45) is 0.508. The predicted molar refractivity (Wildman–Crippen MR) is 112 cm³/mol. The molecule has 0 saturated carbocycles. The van der Waals surface area contributed by atoms with Gasteiger partial charge in [-0.2, -0.15) is 0 Å². The highest BCUT2D eigenvalue weighted by molar-refractivity contribution is 5.97. The van der Waals surface area contributed by atoms with Gasteiger partial charge in [0.15, 0.2) is 12.6 Å². The van der Waals surface area contributed by atoms with Gasteiger partial charge >= 0.3 is 5.97 Å². The number of aromatic nitrogens is 1. The number of fused-ring (bicyclic) bond motifs is 1. The first-order valence-corrected chi connectivity index (χ1v) is 9.53. The van der Waals surface area contributed by atoms with Gasteiger partial charge in [0.05, 0.1) is 5.52 Å². The van der Waals surface area contributed by atoms with E-state index in [1.807, 2.05) is 54.8 Å². The summed E-state index contributed by atoms with van der Waals surface area (Å²) >= 11 is 0. The number of carbonyl (C=O) groups excluding carboxylic acids is 1. The Hall–Kier alpha value is -3.68. The second kappa shape index (κ2) is 8.77. The van der Waals surface area contributed by atoms with Crippen molar-refractivity contribution in [3.05, 3.63) is 69.8 Å². The average molecular weight is 409 g/mol. The van der Waals surface area contributed by atoms with E-state index in [1.165, 1.54) is 0 Å². The van der Waals surface area contributed by atoms with E-state index >= 15 is 0 Å². The van der Waals surface area contributed by atoms with Crippen LogP contribution in [0.4, 0.5) is 0 Å². The van der Waals surface area contributed by atoms with Crippen molar-refractivity contribution in [1.29, 1.82) is 0 Å². The smallest absolute Gasteiger partial charge is 0.341 e. The molecule has 0 aliphatic heterocycles. The Balaban J connectivity index is 2.35. The first-order valence-electron chi connectivity index (χ1n) is 9.53. The molecule has 0 fully saturated rings. The van der Waals surface area contributed by atoms with Crippen molar-refractivity contribution in [2.75, 3.05) is 6.61 Å². The third-order valence-corrected chi connectivity index (χ3v) is 4.94. The molecule has 0 aliphatic rings. The standard InChI is InChI=1S/C22H23N3O5/c1-3-15-20(21(24-29)22(23)28)19-16(25(15)11-14-7-5-4-6-8-14)9-13(2)10-17(19)30-12-18(26)27/h4-10,21H,3,11-12H2,1-2H3,(H2,23,28)(H,26,27). The Morgan fingerprint density at radius 1 is 1.23 bits per heavy atom. The third-order valence-electron chi connectivity index (χ3n) is 4.94. The van der Waals surface area contributed by atoms with Crippen LogP contribution in [0.5, 0.6) is 5.75 Å². The van der Waals surface area contributed by atoms with Gasteiger partial charge < -0.3 is 20.1 Å². The summed E-state index contributed by atoms with van der Waals surface area (Å²) in [6.45, 7) is 3.71. The Morgan fingerprint density at radius 2 is 1.93 bits per heavy atom. The lowest BCUT2D eigenvalue weighted by Gasteiger charge is -2.12. The fourth-order valence-corrected chi connectivity index (χ4v) is 3.78. The van der Waals surface area contributed by atoms with E-state index in [0.717, 1.165) is 22.3 Å². The number of nitrogens with zero attached hydrogens (tertiary/aromatic N) is 2. The molecule has 2 aromatic carbocycles. The van der Waals surface area contributed by atoms with E-state index < -0.39 is 24.5 Å². The van der Waals surface area contributed by atoms with E-state index in [-0.39, 0.29) is 5.75 Å². The number of carboxylic acid groups (broad SMARTS) is 1. The Bertz CT molecular complexity index is 1110. The number of aryl methyl sites for hydroxylation is 1. The lowest BCUT2D eigenvalue weighted by atomic mass is 10.00. The highest BCUT2D eigenvalue weighted by Crippen LogP contribution is 2.40. The van der Waals surface area contributed by atoms with Crippen molar-refractivity contribution in [1.82, 2.24) is 4.57 Å². The molecule has 0 aliphatic carbocycles. The topological polar surface area (TPSA) is 124 Å². The normalized spacial score (nSPS) is 11.9. The molecule has 1 aromatic heterocycles. The van der Waals surface area contributed by atoms with Crippen LogP contribution in [0, 0.1) is 11.8 Å². The summed E-state index contributed by atoms with van der Waals surface area (Å²) in [4.78, 5) is 34.7. The summed E-state index contributed by atoms with van der Waals surface area (Å²) in [5, 5.41) is 12.5. The van der Waals surface area contributed by atoms with Crippen LogP contribution in [-0.4, -0.2) is 28.2 Å². The van der Waals surface area contributed by atoms with Crippen LogP contribution < -0.4 is 10.5 Å². The number of hydrogen-bond donors (Lipinski definition) is 2. The summed E-state index contributed by atoms with van der Waals surface area (Å²) in [5.74, 6) is -1.73. The number of benzene rings is 2. The number of amides is 1. The minimum Gasteiger partial charge on any atom is -0.481 e. The second-order valence-electron chi connectivity index (χ2n) is 7.04. The zero-order valence-electron chi connectivity index (χ0n) is 16.8. The van der Waals surface area contributed by atoms with Crippen molar-refractivity contribution < 1.29 is 19.4 Å². The molecule has 0 saturated heterocycles. The van der Waals surface area contributed by atoms with Crippen LogP contribution in [0.1, 0.15) is 35.3 Å². The zero-order chi connectivity index (χ0) is 21.8. The van der Waals surface area contributed by atoms with Crippen LogP contribution in [0.2, 0.25) is 0 Å². The SMILES string of the molecule is CCc1c(C(N=O)C(N)=O)c2c(OCC(=O)O)cc(C)cc2n1Cc1ccccc1. The third kappa shape index (κ3) is 4.03. The molecular weight excluding hydrogens is 386 g/mol. The highest BCUT2D eigenvalue weighted by Gasteiger charge is 2.30. The minimum atomic E-state index is -1.41. The molecule has 0 radical (unpaired) electrons. The van der Waals surface area contributed by atoms with Gasteiger partial charge in [-0.3, -0.25) is 4.79 Å². The monoisotopic (exact) mass is 409 g/mol. The van der Waals surface area contributed by atoms with Crippen LogP contribution in [0.25, 0.3) is 10.9 Å². The van der Waals surface area contributed by atoms with Gasteiger partial charge in [-0.1, -0.05) is 42.4 Å². The molecule has 30 heavy (non-hydrogen) atoms. The van der Waals surface area contributed by atoms with Crippen molar-refractivity contribution in [3.8, 4) is 5.75 Å². The molecule has 3 aromatic rings. The number of carboxylic acids is 1.